The van der Waals surface area contributed by atoms with Gasteiger partial charge in [-0.3, -0.25) is 9.59 Å². The fourth-order valence-electron chi connectivity index (χ4n) is 1.51. The van der Waals surface area contributed by atoms with E-state index in [0.29, 0.717) is 13.1 Å². The van der Waals surface area contributed by atoms with Crippen molar-refractivity contribution in [1.29, 1.82) is 0 Å². The summed E-state index contributed by atoms with van der Waals surface area (Å²) in [5.41, 5.74) is 0.279. The Kier molecular flexibility index (Phi) is 5.44. The van der Waals surface area contributed by atoms with Gasteiger partial charge < -0.3 is 14.9 Å². The summed E-state index contributed by atoms with van der Waals surface area (Å²) in [5, 5.41) is 8.82. The maximum Gasteiger partial charge on any atom is 0.323 e. The number of aliphatic carboxylic acids is 1. The molecule has 1 N–H and O–H groups in total. The van der Waals surface area contributed by atoms with Crippen molar-refractivity contribution >= 4 is 11.9 Å². The van der Waals surface area contributed by atoms with E-state index in [4.69, 9.17) is 5.11 Å². The lowest BCUT2D eigenvalue weighted by atomic mass is 10.2. The van der Waals surface area contributed by atoms with E-state index in [2.05, 4.69) is 0 Å². The maximum absolute atomic E-state index is 12.8. The van der Waals surface area contributed by atoms with Gasteiger partial charge in [-0.05, 0) is 38.4 Å². The minimum absolute atomic E-state index is 0.279. The van der Waals surface area contributed by atoms with Gasteiger partial charge in [0, 0.05) is 18.7 Å². The molecule has 0 bridgehead atoms. The Morgan fingerprint density at radius 2 is 1.74 bits per heavy atom. The second-order valence-corrected chi connectivity index (χ2v) is 4.43. The molecule has 104 valence electrons. The molecule has 0 saturated heterocycles. The van der Waals surface area contributed by atoms with Crippen LogP contribution >= 0.6 is 0 Å². The third kappa shape index (κ3) is 5.05. The van der Waals surface area contributed by atoms with Crippen molar-refractivity contribution in [2.24, 2.45) is 0 Å². The number of amides is 1. The molecule has 19 heavy (non-hydrogen) atoms. The van der Waals surface area contributed by atoms with Gasteiger partial charge in [-0.2, -0.15) is 0 Å². The van der Waals surface area contributed by atoms with Crippen LogP contribution in [0.5, 0.6) is 0 Å². The van der Waals surface area contributed by atoms with Gasteiger partial charge in [-0.1, -0.05) is 0 Å². The molecule has 1 amide bonds. The Morgan fingerprint density at radius 3 is 2.21 bits per heavy atom. The number of hydrogen-bond acceptors (Lipinski definition) is 3. The van der Waals surface area contributed by atoms with Crippen LogP contribution in [0.1, 0.15) is 10.4 Å². The Hall–Kier alpha value is -1.95. The van der Waals surface area contributed by atoms with Gasteiger partial charge in [0.1, 0.15) is 12.4 Å². The van der Waals surface area contributed by atoms with Crippen molar-refractivity contribution in [2.45, 2.75) is 0 Å². The highest BCUT2D eigenvalue weighted by Gasteiger charge is 2.18. The lowest BCUT2D eigenvalue weighted by Crippen LogP contribution is -2.40. The van der Waals surface area contributed by atoms with E-state index in [1.165, 1.54) is 29.2 Å². The summed E-state index contributed by atoms with van der Waals surface area (Å²) in [7, 11) is 3.67. The van der Waals surface area contributed by atoms with E-state index < -0.39 is 17.7 Å². The molecule has 0 spiro atoms. The lowest BCUT2D eigenvalue weighted by Gasteiger charge is -2.22. The molecule has 0 heterocycles. The van der Waals surface area contributed by atoms with Crippen molar-refractivity contribution < 1.29 is 19.1 Å². The minimum atomic E-state index is -1.07. The second kappa shape index (κ2) is 6.84. The number of carbonyl (C=O) groups excluding carboxylic acids is 1. The van der Waals surface area contributed by atoms with Crippen molar-refractivity contribution in [3.05, 3.63) is 35.6 Å². The van der Waals surface area contributed by atoms with E-state index >= 15 is 0 Å². The first-order chi connectivity index (χ1) is 8.90. The number of likely N-dealkylation sites (N-methyl/N-ethyl adjacent to an activating group) is 1. The topological polar surface area (TPSA) is 60.9 Å². The van der Waals surface area contributed by atoms with Gasteiger partial charge in [0.15, 0.2) is 0 Å². The van der Waals surface area contributed by atoms with E-state index in [1.807, 2.05) is 19.0 Å². The van der Waals surface area contributed by atoms with Crippen LogP contribution < -0.4 is 0 Å². The molecule has 1 aromatic rings. The first kappa shape index (κ1) is 15.1. The monoisotopic (exact) mass is 268 g/mol. The summed E-state index contributed by atoms with van der Waals surface area (Å²) in [4.78, 5) is 26.0. The fourth-order valence-corrected chi connectivity index (χ4v) is 1.51. The predicted octanol–water partition coefficient (Wildman–Crippen LogP) is 0.914. The van der Waals surface area contributed by atoms with Gasteiger partial charge in [-0.15, -0.1) is 0 Å². The number of rotatable bonds is 6. The Balaban J connectivity index is 2.80. The lowest BCUT2D eigenvalue weighted by molar-refractivity contribution is -0.137. The number of carboxylic acids is 1. The molecule has 0 atom stereocenters. The number of hydrogen-bond donors (Lipinski definition) is 1. The fraction of sp³-hybridized carbons (Fsp3) is 0.385. The van der Waals surface area contributed by atoms with Crippen LogP contribution in [0.2, 0.25) is 0 Å². The summed E-state index contributed by atoms with van der Waals surface area (Å²) in [6.45, 7) is 0.486. The summed E-state index contributed by atoms with van der Waals surface area (Å²) in [6, 6.07) is 5.06. The third-order valence-corrected chi connectivity index (χ3v) is 2.52. The quantitative estimate of drug-likeness (QED) is 0.833. The van der Waals surface area contributed by atoms with Crippen molar-refractivity contribution in [1.82, 2.24) is 9.80 Å². The van der Waals surface area contributed by atoms with Gasteiger partial charge in [0.25, 0.3) is 5.91 Å². The summed E-state index contributed by atoms with van der Waals surface area (Å²) in [6.07, 6.45) is 0. The number of benzene rings is 1. The van der Waals surface area contributed by atoms with Crippen molar-refractivity contribution in [2.75, 3.05) is 33.7 Å². The van der Waals surface area contributed by atoms with Crippen LogP contribution in [0.15, 0.2) is 24.3 Å². The van der Waals surface area contributed by atoms with E-state index in [0.717, 1.165) is 0 Å². The molecule has 1 rings (SSSR count). The SMILES string of the molecule is CN(C)CCN(CC(=O)O)C(=O)c1ccc(F)cc1. The summed E-state index contributed by atoms with van der Waals surface area (Å²) >= 11 is 0. The third-order valence-electron chi connectivity index (χ3n) is 2.52. The van der Waals surface area contributed by atoms with Crippen LogP contribution in [-0.2, 0) is 4.79 Å². The highest BCUT2D eigenvalue weighted by molar-refractivity contribution is 5.95. The van der Waals surface area contributed by atoms with Crippen molar-refractivity contribution in [3.63, 3.8) is 0 Å². The van der Waals surface area contributed by atoms with Crippen LogP contribution in [0.4, 0.5) is 4.39 Å². The highest BCUT2D eigenvalue weighted by atomic mass is 19.1. The molecule has 0 aliphatic carbocycles. The molecule has 0 aliphatic rings. The Labute approximate surface area is 111 Å². The second-order valence-electron chi connectivity index (χ2n) is 4.43. The van der Waals surface area contributed by atoms with Crippen LogP contribution in [0.3, 0.4) is 0 Å². The zero-order valence-corrected chi connectivity index (χ0v) is 11.0. The Bertz CT molecular complexity index is 446. The van der Waals surface area contributed by atoms with Crippen LogP contribution in [-0.4, -0.2) is 60.5 Å². The number of carbonyl (C=O) groups is 2. The average Bonchev–Trinajstić information content (AvgIpc) is 2.34. The number of carboxylic acid groups (broad SMARTS) is 1. The van der Waals surface area contributed by atoms with E-state index in [-0.39, 0.29) is 12.1 Å². The normalized spacial score (nSPS) is 10.5. The molecule has 6 heteroatoms. The molecule has 0 unspecified atom stereocenters. The summed E-state index contributed by atoms with van der Waals surface area (Å²) < 4.78 is 12.8. The zero-order valence-electron chi connectivity index (χ0n) is 11.0. The van der Waals surface area contributed by atoms with Gasteiger partial charge in [0.05, 0.1) is 0 Å². The largest absolute Gasteiger partial charge is 0.480 e. The molecular weight excluding hydrogens is 251 g/mol. The summed E-state index contributed by atoms with van der Waals surface area (Å²) in [5.74, 6) is -1.92. The van der Waals surface area contributed by atoms with Gasteiger partial charge in [-0.25, -0.2) is 4.39 Å². The highest BCUT2D eigenvalue weighted by Crippen LogP contribution is 2.07. The smallest absolute Gasteiger partial charge is 0.323 e. The van der Waals surface area contributed by atoms with E-state index in [1.54, 1.807) is 0 Å². The zero-order chi connectivity index (χ0) is 14.4. The molecule has 0 aromatic heterocycles. The molecule has 5 nitrogen and oxygen atoms in total. The standard InChI is InChI=1S/C13H17FN2O3/c1-15(2)7-8-16(9-12(17)18)13(19)10-3-5-11(14)6-4-10/h3-6H,7-9H2,1-2H3,(H,17,18). The van der Waals surface area contributed by atoms with Gasteiger partial charge in [0.2, 0.25) is 0 Å². The molecule has 0 aliphatic heterocycles. The molecule has 1 aromatic carbocycles. The predicted molar refractivity (Wildman–Crippen MR) is 68.5 cm³/mol. The van der Waals surface area contributed by atoms with E-state index in [9.17, 15) is 14.0 Å². The first-order valence-corrected chi connectivity index (χ1v) is 5.81. The van der Waals surface area contributed by atoms with Gasteiger partial charge >= 0.3 is 5.97 Å². The first-order valence-electron chi connectivity index (χ1n) is 5.81. The minimum Gasteiger partial charge on any atom is -0.480 e. The maximum atomic E-state index is 12.8. The molecule has 0 fully saturated rings. The van der Waals surface area contributed by atoms with Crippen LogP contribution in [0, 0.1) is 5.82 Å². The molecule has 0 saturated carbocycles. The Morgan fingerprint density at radius 1 is 1.16 bits per heavy atom. The number of nitrogens with zero attached hydrogens (tertiary/aromatic N) is 2. The number of halogens is 1. The molecule has 0 radical (unpaired) electrons. The van der Waals surface area contributed by atoms with Crippen molar-refractivity contribution in [3.8, 4) is 0 Å². The van der Waals surface area contributed by atoms with Crippen LogP contribution in [0.25, 0.3) is 0 Å². The average molecular weight is 268 g/mol. The molecular formula is C13H17FN2O3.